The summed E-state index contributed by atoms with van der Waals surface area (Å²) in [5, 5.41) is 11.8. The van der Waals surface area contributed by atoms with Crippen molar-refractivity contribution in [1.29, 1.82) is 0 Å². The topological polar surface area (TPSA) is 113 Å². The van der Waals surface area contributed by atoms with Gasteiger partial charge in [-0.2, -0.15) is 0 Å². The Bertz CT molecular complexity index is 559. The fourth-order valence-corrected chi connectivity index (χ4v) is 5.47. The Morgan fingerprint density at radius 1 is 1.30 bits per heavy atom. The lowest BCUT2D eigenvalue weighted by Gasteiger charge is -2.45. The van der Waals surface area contributed by atoms with E-state index in [1.165, 1.54) is 16.7 Å². The fourth-order valence-electron chi connectivity index (χ4n) is 3.84. The van der Waals surface area contributed by atoms with Gasteiger partial charge in [0.1, 0.15) is 17.5 Å². The number of nitrogens with two attached hydrogens (primary N) is 1. The maximum absolute atomic E-state index is 12.5. The molecule has 2 amide bonds. The van der Waals surface area contributed by atoms with Crippen LogP contribution >= 0.6 is 11.8 Å². The third kappa shape index (κ3) is 2.52. The van der Waals surface area contributed by atoms with Crippen molar-refractivity contribution in [3.63, 3.8) is 0 Å². The number of aliphatic carboxylic acids is 1. The van der Waals surface area contributed by atoms with Crippen LogP contribution in [-0.2, 0) is 14.4 Å². The molecule has 4 N–H and O–H groups in total. The van der Waals surface area contributed by atoms with E-state index in [-0.39, 0.29) is 17.2 Å². The van der Waals surface area contributed by atoms with Gasteiger partial charge in [-0.15, -0.1) is 11.8 Å². The fraction of sp³-hybridized carbons (Fsp3) is 0.800. The number of nitrogens with one attached hydrogen (secondary N) is 1. The van der Waals surface area contributed by atoms with Crippen LogP contribution in [0.3, 0.4) is 0 Å². The van der Waals surface area contributed by atoms with Crippen molar-refractivity contribution in [3.8, 4) is 0 Å². The molecule has 0 radical (unpaired) electrons. The second kappa shape index (κ2) is 5.37. The summed E-state index contributed by atoms with van der Waals surface area (Å²) in [7, 11) is 0. The van der Waals surface area contributed by atoms with E-state index in [4.69, 9.17) is 5.73 Å². The highest BCUT2D eigenvalue weighted by atomic mass is 32.2. The van der Waals surface area contributed by atoms with E-state index in [9.17, 15) is 19.5 Å². The summed E-state index contributed by atoms with van der Waals surface area (Å²) >= 11 is 1.42. The van der Waals surface area contributed by atoms with Gasteiger partial charge in [-0.1, -0.05) is 19.3 Å². The Morgan fingerprint density at radius 2 is 1.91 bits per heavy atom. The first kappa shape index (κ1) is 16.6. The van der Waals surface area contributed by atoms with Crippen molar-refractivity contribution in [2.75, 3.05) is 0 Å². The van der Waals surface area contributed by atoms with Crippen LogP contribution < -0.4 is 11.1 Å². The highest BCUT2D eigenvalue weighted by molar-refractivity contribution is 8.01. The predicted molar refractivity (Wildman–Crippen MR) is 85.7 cm³/mol. The number of amides is 2. The maximum atomic E-state index is 12.5. The van der Waals surface area contributed by atoms with E-state index >= 15 is 0 Å². The number of hydrogen-bond acceptors (Lipinski definition) is 5. The summed E-state index contributed by atoms with van der Waals surface area (Å²) in [5.74, 6) is -1.62. The van der Waals surface area contributed by atoms with Gasteiger partial charge < -0.3 is 21.1 Å². The number of β-lactam (4-membered cyclic amide) rings is 1. The molecule has 0 aromatic carbocycles. The van der Waals surface area contributed by atoms with Gasteiger partial charge in [0.05, 0.1) is 5.54 Å². The summed E-state index contributed by atoms with van der Waals surface area (Å²) in [6.07, 6.45) is 4.17. The van der Waals surface area contributed by atoms with Crippen LogP contribution in [0.15, 0.2) is 0 Å². The van der Waals surface area contributed by atoms with Crippen LogP contribution in [0.2, 0.25) is 0 Å². The van der Waals surface area contributed by atoms with Crippen molar-refractivity contribution >= 4 is 29.5 Å². The first-order valence-electron chi connectivity index (χ1n) is 8.00. The van der Waals surface area contributed by atoms with Crippen molar-refractivity contribution in [2.45, 2.75) is 73.7 Å². The Kier molecular flexibility index (Phi) is 3.87. The molecule has 2 saturated heterocycles. The number of carbonyl (C=O) groups excluding carboxylic acids is 2. The summed E-state index contributed by atoms with van der Waals surface area (Å²) in [6, 6.07) is -1.53. The van der Waals surface area contributed by atoms with Gasteiger partial charge in [0.2, 0.25) is 11.8 Å². The highest BCUT2D eigenvalue weighted by Crippen LogP contribution is 2.50. The number of nitrogens with zero attached hydrogens (tertiary/aromatic N) is 1. The molecule has 3 rings (SSSR count). The van der Waals surface area contributed by atoms with E-state index < -0.39 is 28.3 Å². The average Bonchev–Trinajstić information content (AvgIpc) is 2.73. The van der Waals surface area contributed by atoms with Crippen molar-refractivity contribution < 1.29 is 19.5 Å². The van der Waals surface area contributed by atoms with Gasteiger partial charge in [-0.05, 0) is 26.7 Å². The molecule has 0 bridgehead atoms. The van der Waals surface area contributed by atoms with Gasteiger partial charge in [-0.25, -0.2) is 4.79 Å². The highest BCUT2D eigenvalue weighted by Gasteiger charge is 2.64. The van der Waals surface area contributed by atoms with Gasteiger partial charge in [0.25, 0.3) is 0 Å². The zero-order valence-corrected chi connectivity index (χ0v) is 14.2. The van der Waals surface area contributed by atoms with Gasteiger partial charge >= 0.3 is 5.97 Å². The lowest BCUT2D eigenvalue weighted by Crippen LogP contribution is -2.72. The minimum atomic E-state index is -1.01. The third-order valence-electron chi connectivity index (χ3n) is 5.16. The number of thioether (sulfide) groups is 1. The van der Waals surface area contributed by atoms with Crippen LogP contribution in [0.25, 0.3) is 0 Å². The molecule has 0 spiro atoms. The summed E-state index contributed by atoms with van der Waals surface area (Å²) in [5.41, 5.74) is 5.30. The summed E-state index contributed by atoms with van der Waals surface area (Å²) in [4.78, 5) is 37.7. The molecule has 1 saturated carbocycles. The Balaban J connectivity index is 1.71. The standard InChI is InChI=1S/C15H23N3O4S/c1-14(2)9(12(20)21)18-10(19)8(11(18)23-14)17-13(22)15(16)6-4-3-5-7-15/h8-9,11H,3-7,16H2,1-2H3,(H,17,22)(H,20,21)/t8-,9-,11+/m1/s1. The van der Waals surface area contributed by atoms with Crippen LogP contribution in [0, 0.1) is 0 Å². The van der Waals surface area contributed by atoms with E-state index in [0.29, 0.717) is 12.8 Å². The van der Waals surface area contributed by atoms with Crippen LogP contribution in [-0.4, -0.2) is 55.5 Å². The first-order valence-corrected chi connectivity index (χ1v) is 8.88. The molecule has 0 unspecified atom stereocenters. The molecule has 2 aliphatic heterocycles. The van der Waals surface area contributed by atoms with Gasteiger partial charge in [0.15, 0.2) is 0 Å². The zero-order chi connectivity index (χ0) is 17.0. The lowest BCUT2D eigenvalue weighted by molar-refractivity contribution is -0.161. The van der Waals surface area contributed by atoms with E-state index in [1.54, 1.807) is 0 Å². The Labute approximate surface area is 139 Å². The van der Waals surface area contributed by atoms with Crippen molar-refractivity contribution in [1.82, 2.24) is 10.2 Å². The molecule has 3 fully saturated rings. The van der Waals surface area contributed by atoms with E-state index in [1.807, 2.05) is 13.8 Å². The second-order valence-electron chi connectivity index (χ2n) is 7.27. The Morgan fingerprint density at radius 3 is 2.48 bits per heavy atom. The number of carboxylic acid groups (broad SMARTS) is 1. The molecular weight excluding hydrogens is 318 g/mol. The molecular formula is C15H23N3O4S. The number of fused-ring (bicyclic) bond motifs is 1. The van der Waals surface area contributed by atoms with E-state index in [2.05, 4.69) is 5.32 Å². The average molecular weight is 341 g/mol. The Hall–Kier alpha value is -1.28. The molecule has 8 heteroatoms. The molecule has 128 valence electrons. The molecule has 7 nitrogen and oxygen atoms in total. The van der Waals surface area contributed by atoms with Gasteiger partial charge in [-0.3, -0.25) is 9.59 Å². The normalized spacial score (nSPS) is 34.5. The van der Waals surface area contributed by atoms with Crippen LogP contribution in [0.1, 0.15) is 46.0 Å². The van der Waals surface area contributed by atoms with Gasteiger partial charge in [0, 0.05) is 4.75 Å². The summed E-state index contributed by atoms with van der Waals surface area (Å²) in [6.45, 7) is 3.62. The van der Waals surface area contributed by atoms with E-state index in [0.717, 1.165) is 19.3 Å². The number of carboxylic acids is 1. The smallest absolute Gasteiger partial charge is 0.327 e. The maximum Gasteiger partial charge on any atom is 0.327 e. The molecule has 0 aromatic rings. The minimum Gasteiger partial charge on any atom is -0.480 e. The number of carbonyl (C=O) groups is 3. The largest absolute Gasteiger partial charge is 0.480 e. The lowest BCUT2D eigenvalue weighted by atomic mass is 9.81. The SMILES string of the molecule is CC1(C)S[C@H]2[C@H](NC(=O)C3(N)CCCCC3)C(=O)N2[C@@H]1C(=O)O. The molecule has 2 heterocycles. The molecule has 23 heavy (non-hydrogen) atoms. The molecule has 3 aliphatic rings. The van der Waals surface area contributed by atoms with Crippen molar-refractivity contribution in [3.05, 3.63) is 0 Å². The van der Waals surface area contributed by atoms with Crippen LogP contribution in [0.4, 0.5) is 0 Å². The first-order chi connectivity index (χ1) is 10.7. The molecule has 3 atom stereocenters. The number of rotatable bonds is 3. The molecule has 1 aliphatic carbocycles. The third-order valence-corrected chi connectivity index (χ3v) is 6.73. The monoisotopic (exact) mass is 341 g/mol. The second-order valence-corrected chi connectivity index (χ2v) is 9.04. The summed E-state index contributed by atoms with van der Waals surface area (Å²) < 4.78 is -0.586. The molecule has 0 aromatic heterocycles. The quantitative estimate of drug-likeness (QED) is 0.636. The van der Waals surface area contributed by atoms with Crippen molar-refractivity contribution in [2.24, 2.45) is 5.73 Å². The number of hydrogen-bond donors (Lipinski definition) is 3. The zero-order valence-electron chi connectivity index (χ0n) is 13.4. The minimum absolute atomic E-state index is 0.285. The predicted octanol–water partition coefficient (Wildman–Crippen LogP) is 0.280. The van der Waals surface area contributed by atoms with Crippen LogP contribution in [0.5, 0.6) is 0 Å².